The lowest BCUT2D eigenvalue weighted by atomic mass is 9.96. The number of aliphatic hydroxyl groups is 1. The van der Waals surface area contributed by atoms with Crippen LogP contribution in [0.3, 0.4) is 0 Å². The first kappa shape index (κ1) is 69.7. The molecule has 0 aromatic carbocycles. The van der Waals surface area contributed by atoms with Gasteiger partial charge in [-0.1, -0.05) is 69.2 Å². The highest BCUT2D eigenvalue weighted by Gasteiger charge is 2.46. The van der Waals surface area contributed by atoms with E-state index in [0.717, 1.165) is 0 Å². The summed E-state index contributed by atoms with van der Waals surface area (Å²) in [5.74, 6) is -9.85. The van der Waals surface area contributed by atoms with Gasteiger partial charge in [-0.15, -0.1) is 0 Å². The van der Waals surface area contributed by atoms with E-state index in [-0.39, 0.29) is 44.4 Å². The van der Waals surface area contributed by atoms with Crippen molar-refractivity contribution in [2.45, 2.75) is 228 Å². The maximum absolute atomic E-state index is 14.4. The van der Waals surface area contributed by atoms with Crippen molar-refractivity contribution in [1.82, 2.24) is 57.7 Å². The molecule has 0 bridgehead atoms. The molecule has 0 radical (unpaired) electrons. The Bertz CT molecular complexity index is 2260. The molecule has 454 valence electrons. The Labute approximate surface area is 472 Å². The van der Waals surface area contributed by atoms with Crippen LogP contribution in [0.4, 0.5) is 0 Å². The molecule has 0 aromatic heterocycles. The molecule has 12 N–H and O–H groups in total. The quantitative estimate of drug-likeness (QED) is 0.0451. The number of amides is 12. The van der Waals surface area contributed by atoms with Crippen molar-refractivity contribution < 1.29 is 62.6 Å². The van der Waals surface area contributed by atoms with E-state index in [0.29, 0.717) is 25.7 Å². The maximum Gasteiger partial charge on any atom is 0.248 e. The minimum Gasteiger partial charge on any atom is -0.394 e. The number of likely N-dealkylation sites (tertiary alicyclic amines) is 2. The van der Waals surface area contributed by atoms with Gasteiger partial charge in [-0.3, -0.25) is 57.5 Å². The normalized spacial score (nSPS) is 18.1. The Morgan fingerprint density at radius 1 is 0.500 bits per heavy atom. The van der Waals surface area contributed by atoms with Crippen molar-refractivity contribution in [2.75, 3.05) is 19.7 Å². The number of rotatable bonds is 29. The first-order valence-corrected chi connectivity index (χ1v) is 28.0. The molecule has 2 rings (SSSR count). The van der Waals surface area contributed by atoms with Gasteiger partial charge < -0.3 is 68.5 Å². The zero-order valence-electron chi connectivity index (χ0n) is 50.4. The van der Waals surface area contributed by atoms with Crippen molar-refractivity contribution in [3.05, 3.63) is 0 Å². The highest BCUT2D eigenvalue weighted by molar-refractivity contribution is 6.01. The van der Waals surface area contributed by atoms with Gasteiger partial charge in [-0.2, -0.15) is 0 Å². The number of nitrogens with two attached hydrogens (primary N) is 1. The zero-order chi connectivity index (χ0) is 61.5. The Hall–Kier alpha value is -6.40. The Kier molecular flexibility index (Phi) is 26.0. The van der Waals surface area contributed by atoms with Crippen molar-refractivity contribution in [1.29, 1.82) is 0 Å². The molecular formula is C55H96N12O13. The van der Waals surface area contributed by atoms with Gasteiger partial charge in [0.1, 0.15) is 58.9 Å². The summed E-state index contributed by atoms with van der Waals surface area (Å²) in [6.07, 6.45) is 1.65. The standard InChI is InChI=1S/C55H96N12O13/c1-28(2)24-34(27-68)57-45(73)37-20-18-22-66(37)51(79)54(14,15)64-48(76)41(31(7)8)61-43(71)35(25-29(3)4)58-46(74)38-21-19-23-67(38)52(80)55(16,17)65-49(77)42(32(9)10)62-47(75)40(30(5)6)60-44(72)36(26-39(56)70)59-50(78)53(12,13)63-33(11)69/h28-32,34-38,40-42,68H,18-27H2,1-17H3,(H2,56,70)(H,57,73)(H,58,74)(H,59,78)(H,60,72)(H,61,71)(H,62,75)(H,63,69)(H,64,76)(H,65,77)/t34-,35-,36-,37-,38-,40-,41-,42-/m0/s1. The van der Waals surface area contributed by atoms with Crippen LogP contribution in [0, 0.1) is 29.6 Å². The second-order valence-corrected chi connectivity index (χ2v) is 24.9. The van der Waals surface area contributed by atoms with Gasteiger partial charge in [-0.05, 0) is 110 Å². The molecule has 0 unspecified atom stereocenters. The number of nitrogens with zero attached hydrogens (tertiary/aromatic N) is 2. The molecule has 2 saturated heterocycles. The predicted molar refractivity (Wildman–Crippen MR) is 298 cm³/mol. The van der Waals surface area contributed by atoms with Crippen LogP contribution in [0.15, 0.2) is 0 Å². The third-order valence-electron chi connectivity index (χ3n) is 14.1. The van der Waals surface area contributed by atoms with Crippen molar-refractivity contribution in [3.8, 4) is 0 Å². The number of carbonyl (C=O) groups is 12. The molecule has 0 aliphatic carbocycles. The topological polar surface area (TPSA) is 366 Å². The number of aliphatic hydroxyl groups excluding tert-OH is 1. The molecule has 25 heteroatoms. The van der Waals surface area contributed by atoms with E-state index < -0.39 is 160 Å². The monoisotopic (exact) mass is 1130 g/mol. The van der Waals surface area contributed by atoms with Crippen LogP contribution in [0.5, 0.6) is 0 Å². The van der Waals surface area contributed by atoms with Gasteiger partial charge >= 0.3 is 0 Å². The maximum atomic E-state index is 14.4. The average Bonchev–Trinajstić information content (AvgIpc) is 4.02. The summed E-state index contributed by atoms with van der Waals surface area (Å²) in [5.41, 5.74) is 0.730. The van der Waals surface area contributed by atoms with Crippen LogP contribution in [0.2, 0.25) is 0 Å². The molecule has 8 atom stereocenters. The van der Waals surface area contributed by atoms with E-state index in [1.54, 1.807) is 41.5 Å². The van der Waals surface area contributed by atoms with Crippen LogP contribution in [0.25, 0.3) is 0 Å². The number of carbonyl (C=O) groups excluding carboxylic acids is 12. The lowest BCUT2D eigenvalue weighted by Crippen LogP contribution is -2.64. The van der Waals surface area contributed by atoms with Crippen molar-refractivity contribution >= 4 is 70.9 Å². The summed E-state index contributed by atoms with van der Waals surface area (Å²) < 4.78 is 0. The Morgan fingerprint density at radius 3 is 1.26 bits per heavy atom. The van der Waals surface area contributed by atoms with Gasteiger partial charge in [0, 0.05) is 20.0 Å². The second-order valence-electron chi connectivity index (χ2n) is 24.9. The second kappa shape index (κ2) is 29.9. The zero-order valence-corrected chi connectivity index (χ0v) is 50.4. The van der Waals surface area contributed by atoms with Crippen molar-refractivity contribution in [2.24, 2.45) is 35.3 Å². The summed E-state index contributed by atoms with van der Waals surface area (Å²) in [6.45, 7) is 27.6. The number of primary amides is 1. The van der Waals surface area contributed by atoms with Crippen LogP contribution in [0.1, 0.15) is 163 Å². The van der Waals surface area contributed by atoms with Crippen molar-refractivity contribution in [3.63, 3.8) is 0 Å². The largest absolute Gasteiger partial charge is 0.394 e. The molecule has 80 heavy (non-hydrogen) atoms. The van der Waals surface area contributed by atoms with E-state index in [1.807, 2.05) is 27.7 Å². The van der Waals surface area contributed by atoms with E-state index >= 15 is 0 Å². The summed E-state index contributed by atoms with van der Waals surface area (Å²) in [7, 11) is 0. The van der Waals surface area contributed by atoms with Crippen LogP contribution in [-0.2, 0) is 57.5 Å². The SMILES string of the molecule is CC(=O)NC(C)(C)C(=O)N[C@@H](CC(N)=O)C(=O)N[C@H](C(=O)N[C@H](C(=O)NC(C)(C)C(=O)N1CCC[C@H]1C(=O)N[C@@H](CC(C)C)C(=O)N[C@H](C(=O)NC(C)(C)C(=O)N1CCC[C@H]1C(=O)N[C@H](CO)CC(C)C)C(C)C)C(C)C)C(C)C. The van der Waals surface area contributed by atoms with Crippen LogP contribution in [-0.4, -0.2) is 170 Å². The number of hydrogen-bond donors (Lipinski definition) is 11. The number of hydrogen-bond acceptors (Lipinski definition) is 13. The summed E-state index contributed by atoms with van der Waals surface area (Å²) in [5, 5.41) is 33.9. The Balaban J connectivity index is 2.25. The van der Waals surface area contributed by atoms with Gasteiger partial charge in [0.05, 0.1) is 19.1 Å². The lowest BCUT2D eigenvalue weighted by molar-refractivity contribution is -0.146. The minimum atomic E-state index is -1.66. The van der Waals surface area contributed by atoms with E-state index in [2.05, 4.69) is 47.9 Å². The van der Waals surface area contributed by atoms with E-state index in [1.165, 1.54) is 58.3 Å². The molecule has 0 spiro atoms. The fourth-order valence-corrected chi connectivity index (χ4v) is 9.78. The summed E-state index contributed by atoms with van der Waals surface area (Å²) >= 11 is 0. The molecule has 0 aromatic rings. The molecule has 25 nitrogen and oxygen atoms in total. The van der Waals surface area contributed by atoms with Crippen LogP contribution >= 0.6 is 0 Å². The average molecular weight is 1130 g/mol. The highest BCUT2D eigenvalue weighted by Crippen LogP contribution is 2.25. The molecule has 2 heterocycles. The molecule has 12 amide bonds. The third kappa shape index (κ3) is 20.3. The summed E-state index contributed by atoms with van der Waals surface area (Å²) in [4.78, 5) is 165. The Morgan fingerprint density at radius 2 is 0.887 bits per heavy atom. The van der Waals surface area contributed by atoms with Gasteiger partial charge in [0.2, 0.25) is 70.9 Å². The molecular weight excluding hydrogens is 1040 g/mol. The van der Waals surface area contributed by atoms with Gasteiger partial charge in [0.25, 0.3) is 0 Å². The first-order valence-electron chi connectivity index (χ1n) is 28.0. The fraction of sp³-hybridized carbons (Fsp3) is 0.782. The van der Waals surface area contributed by atoms with Gasteiger partial charge in [0.15, 0.2) is 0 Å². The van der Waals surface area contributed by atoms with E-state index in [4.69, 9.17) is 5.73 Å². The van der Waals surface area contributed by atoms with E-state index in [9.17, 15) is 62.6 Å². The number of nitrogens with one attached hydrogen (secondary N) is 9. The minimum absolute atomic E-state index is 0.129. The molecule has 0 saturated carbocycles. The highest BCUT2D eigenvalue weighted by atomic mass is 16.3. The first-order chi connectivity index (χ1) is 36.8. The molecule has 2 aliphatic rings. The van der Waals surface area contributed by atoms with Crippen LogP contribution < -0.4 is 53.6 Å². The summed E-state index contributed by atoms with van der Waals surface area (Å²) in [6, 6.07) is -8.78. The van der Waals surface area contributed by atoms with Gasteiger partial charge in [-0.25, -0.2) is 0 Å². The third-order valence-corrected chi connectivity index (χ3v) is 14.1. The lowest BCUT2D eigenvalue weighted by Gasteiger charge is -2.36. The fourth-order valence-electron chi connectivity index (χ4n) is 9.78. The smallest absolute Gasteiger partial charge is 0.248 e. The predicted octanol–water partition coefficient (Wildman–Crippen LogP) is -0.491. The molecule has 2 fully saturated rings. The molecule has 2 aliphatic heterocycles.